The summed E-state index contributed by atoms with van der Waals surface area (Å²) < 4.78 is 24.8. The van der Waals surface area contributed by atoms with E-state index in [1.54, 1.807) is 0 Å². The molecule has 0 saturated carbocycles. The molecule has 0 unspecified atom stereocenters. The van der Waals surface area contributed by atoms with Gasteiger partial charge < -0.3 is 50.9 Å². The second-order valence-electron chi connectivity index (χ2n) is 13.9. The zero-order chi connectivity index (χ0) is 48.3. The molecular weight excluding hydrogens is 806 g/mol. The van der Waals surface area contributed by atoms with Crippen molar-refractivity contribution in [3.63, 3.8) is 0 Å². The van der Waals surface area contributed by atoms with Gasteiger partial charge in [-0.05, 0) is 97.2 Å². The summed E-state index contributed by atoms with van der Waals surface area (Å²) in [6, 6.07) is 0. The Labute approximate surface area is 372 Å². The molecule has 0 aromatic rings. The van der Waals surface area contributed by atoms with Gasteiger partial charge in [0.1, 0.15) is 0 Å². The number of hydrogen-bond acceptors (Lipinski definition) is 7. The van der Waals surface area contributed by atoms with Crippen molar-refractivity contribution in [1.82, 2.24) is 0 Å². The van der Waals surface area contributed by atoms with Gasteiger partial charge in [-0.1, -0.05) is 105 Å². The molecule has 0 aromatic carbocycles. The van der Waals surface area contributed by atoms with Gasteiger partial charge in [0.2, 0.25) is 0 Å². The Hall–Kier alpha value is -4.06. The Morgan fingerprint density at radius 3 is 0.377 bits per heavy atom. The first-order valence-corrected chi connectivity index (χ1v) is 22.5. The topological polar surface area (TPSA) is 136 Å². The lowest BCUT2D eigenvalue weighted by molar-refractivity contribution is -0.906. The summed E-state index contributed by atoms with van der Waals surface area (Å²) in [7, 11) is -11.4. The molecule has 0 radical (unpaired) electrons. The predicted molar refractivity (Wildman–Crippen MR) is 258 cm³/mol. The molecule has 0 aromatic heterocycles. The molecule has 11 nitrogen and oxygen atoms in total. The van der Waals surface area contributed by atoms with Crippen LogP contribution in [0.15, 0.2) is 202 Å². The van der Waals surface area contributed by atoms with Crippen LogP contribution in [0.3, 0.4) is 0 Å². The minimum atomic E-state index is -5.68. The van der Waals surface area contributed by atoms with Gasteiger partial charge >= 0.3 is 0 Å². The molecule has 0 aliphatic carbocycles. The number of quaternary nitrogens is 4. The van der Waals surface area contributed by atoms with Crippen LogP contribution < -0.4 is 19.6 Å². The SMILES string of the molecule is C=CC[N+](CC=C)(CC=C)CC=C.C=CC[N+](CC=C)(CC=C)CC=C.C=CC[N+](CC=C)(CC=C)CC=C.C=CC[N+](CC=C)(CC=C)CC=C.O=P([O-])([O-])OP(=O)([O-])[O-]. The highest BCUT2D eigenvalue weighted by molar-refractivity contribution is 7.57. The first-order valence-electron chi connectivity index (χ1n) is 19.6. The summed E-state index contributed by atoms with van der Waals surface area (Å²) in [4.78, 5) is 37.3. The van der Waals surface area contributed by atoms with Crippen LogP contribution in [-0.2, 0) is 13.4 Å². The molecule has 344 valence electrons. The second kappa shape index (κ2) is 40.0. The highest BCUT2D eigenvalue weighted by Gasteiger charge is 2.23. The lowest BCUT2D eigenvalue weighted by atomic mass is 10.3. The van der Waals surface area contributed by atoms with Gasteiger partial charge in [-0.3, -0.25) is 0 Å². The molecule has 0 aliphatic heterocycles. The van der Waals surface area contributed by atoms with Gasteiger partial charge in [-0.2, -0.15) is 0 Å². The lowest BCUT2D eigenvalue weighted by Gasteiger charge is -2.39. The predicted octanol–water partition coefficient (Wildman–Crippen LogP) is 6.85. The van der Waals surface area contributed by atoms with Gasteiger partial charge in [0, 0.05) is 0 Å². The third-order valence-electron chi connectivity index (χ3n) is 8.46. The minimum absolute atomic E-state index is 0.903. The fraction of sp³-hybridized carbons (Fsp3) is 0.333. The normalized spacial score (nSPS) is 11.0. The number of hydrogen-bond donors (Lipinski definition) is 0. The van der Waals surface area contributed by atoms with Crippen LogP contribution in [0.4, 0.5) is 0 Å². The average molecular weight is 887 g/mol. The van der Waals surface area contributed by atoms with Crippen LogP contribution in [0.25, 0.3) is 0 Å². The van der Waals surface area contributed by atoms with Crippen molar-refractivity contribution in [1.29, 1.82) is 0 Å². The van der Waals surface area contributed by atoms with E-state index in [-0.39, 0.29) is 0 Å². The van der Waals surface area contributed by atoms with E-state index in [2.05, 4.69) is 110 Å². The van der Waals surface area contributed by atoms with Crippen molar-refractivity contribution < 1.29 is 50.9 Å². The maximum absolute atomic E-state index is 9.32. The fourth-order valence-corrected chi connectivity index (χ4v) is 7.27. The molecule has 0 atom stereocenters. The van der Waals surface area contributed by atoms with Crippen LogP contribution in [0, 0.1) is 0 Å². The molecule has 0 N–H and O–H groups in total. The molecule has 61 heavy (non-hydrogen) atoms. The van der Waals surface area contributed by atoms with Crippen LogP contribution in [-0.4, -0.2) is 123 Å². The fourth-order valence-electron chi connectivity index (χ4n) is 6.29. The molecule has 0 aliphatic rings. The average Bonchev–Trinajstić information content (AvgIpc) is 3.13. The highest BCUT2D eigenvalue weighted by atomic mass is 31.3. The molecule has 0 amide bonds. The maximum atomic E-state index is 9.32. The van der Waals surface area contributed by atoms with E-state index in [1.165, 1.54) is 0 Å². The maximum Gasteiger partial charge on any atom is 0.0978 e. The molecule has 0 heterocycles. The first kappa shape index (κ1) is 66.0. The van der Waals surface area contributed by atoms with Crippen LogP contribution in [0.2, 0.25) is 0 Å². The van der Waals surface area contributed by atoms with Crippen molar-refractivity contribution in [3.05, 3.63) is 202 Å². The van der Waals surface area contributed by atoms with Gasteiger partial charge in [-0.25, -0.2) is 0 Å². The van der Waals surface area contributed by atoms with Crippen LogP contribution >= 0.6 is 15.6 Å². The zero-order valence-electron chi connectivity index (χ0n) is 37.4. The van der Waals surface area contributed by atoms with Crippen LogP contribution in [0.1, 0.15) is 0 Å². The van der Waals surface area contributed by atoms with E-state index in [9.17, 15) is 28.7 Å². The molecule has 13 heteroatoms. The van der Waals surface area contributed by atoms with Gasteiger partial charge in [0.25, 0.3) is 0 Å². The smallest absolute Gasteiger partial charge is 0.0978 e. The second-order valence-corrected chi connectivity index (χ2v) is 16.3. The summed E-state index contributed by atoms with van der Waals surface area (Å²) in [6.45, 7) is 75.3. The Balaban J connectivity index is -0.000000215. The Morgan fingerprint density at radius 1 is 0.262 bits per heavy atom. The summed E-state index contributed by atoms with van der Waals surface area (Å²) in [5.74, 6) is 0. The number of rotatable bonds is 34. The van der Waals surface area contributed by atoms with Crippen molar-refractivity contribution in [3.8, 4) is 0 Å². The summed E-state index contributed by atoms with van der Waals surface area (Å²) in [5.41, 5.74) is 0. The molecule has 0 saturated heterocycles. The summed E-state index contributed by atoms with van der Waals surface area (Å²) in [5, 5.41) is 0. The van der Waals surface area contributed by atoms with E-state index in [4.69, 9.17) is 0 Å². The number of phosphoric acid groups is 2. The van der Waals surface area contributed by atoms with E-state index in [0.717, 1.165) is 123 Å². The molecular formula is C48H80N4O7P2. The van der Waals surface area contributed by atoms with E-state index < -0.39 is 15.6 Å². The van der Waals surface area contributed by atoms with Gasteiger partial charge in [0.05, 0.1) is 120 Å². The Kier molecular flexibility index (Phi) is 43.4. The van der Waals surface area contributed by atoms with Crippen molar-refractivity contribution in [2.45, 2.75) is 0 Å². The monoisotopic (exact) mass is 887 g/mol. The van der Waals surface area contributed by atoms with Gasteiger partial charge in [0.15, 0.2) is 0 Å². The van der Waals surface area contributed by atoms with Gasteiger partial charge in [-0.15, -0.1) is 0 Å². The molecule has 0 bridgehead atoms. The van der Waals surface area contributed by atoms with E-state index in [0.29, 0.717) is 0 Å². The third kappa shape index (κ3) is 37.4. The summed E-state index contributed by atoms with van der Waals surface area (Å²) >= 11 is 0. The first-order chi connectivity index (χ1) is 28.7. The van der Waals surface area contributed by atoms with Crippen LogP contribution in [0.5, 0.6) is 0 Å². The molecule has 0 rings (SSSR count). The van der Waals surface area contributed by atoms with Crippen molar-refractivity contribution >= 4 is 15.6 Å². The standard InChI is InChI=1S/4C12H20N.H4O7P2/c4*1-5-9-13(10-6-2,11-7-3)12-8-4;1-8(2,3)7-9(4,5)6/h4*5-8H,1-4,9-12H2;(H2,1,2,3)(H2,4,5,6)/q4*+1;/p-4. The van der Waals surface area contributed by atoms with E-state index in [1.807, 2.05) is 97.2 Å². The molecule has 0 fully saturated rings. The third-order valence-corrected chi connectivity index (χ3v) is 10.1. The number of nitrogens with zero attached hydrogens (tertiary/aromatic N) is 4. The Morgan fingerprint density at radius 2 is 0.344 bits per heavy atom. The largest absolute Gasteiger partial charge is 0.790 e. The quantitative estimate of drug-likeness (QED) is 0.0392. The zero-order valence-corrected chi connectivity index (χ0v) is 39.2. The molecule has 0 spiro atoms. The summed E-state index contributed by atoms with van der Waals surface area (Å²) in [6.07, 6.45) is 31.1. The lowest BCUT2D eigenvalue weighted by Crippen LogP contribution is -2.48. The van der Waals surface area contributed by atoms with Crippen molar-refractivity contribution in [2.24, 2.45) is 0 Å². The highest BCUT2D eigenvalue weighted by Crippen LogP contribution is 2.42. The van der Waals surface area contributed by atoms with E-state index >= 15 is 0 Å². The van der Waals surface area contributed by atoms with Crippen molar-refractivity contribution in [2.75, 3.05) is 105 Å². The Bertz CT molecular complexity index is 1100. The minimum Gasteiger partial charge on any atom is -0.790 e.